The molecule has 0 saturated heterocycles. The number of fused-ring (bicyclic) bond motifs is 2. The Morgan fingerprint density at radius 1 is 0.629 bits per heavy atom. The summed E-state index contributed by atoms with van der Waals surface area (Å²) in [6.07, 6.45) is 3.50. The summed E-state index contributed by atoms with van der Waals surface area (Å²) in [5, 5.41) is 2.43. The minimum Gasteiger partial charge on any atom is -0.464 e. The largest absolute Gasteiger partial charge is 0.464 e. The summed E-state index contributed by atoms with van der Waals surface area (Å²) >= 11 is 0. The first-order valence-electron chi connectivity index (χ1n) is 13.5. The highest BCUT2D eigenvalue weighted by Crippen LogP contribution is 2.31. The molecule has 35 heavy (non-hydrogen) atoms. The van der Waals surface area contributed by atoms with Gasteiger partial charge in [0.1, 0.15) is 11.2 Å². The summed E-state index contributed by atoms with van der Waals surface area (Å²) in [5.74, 6) is 0.552. The molecule has 2 N–H and O–H groups in total. The van der Waals surface area contributed by atoms with Crippen LogP contribution in [0.4, 0.5) is 0 Å². The van der Waals surface area contributed by atoms with E-state index in [1.54, 1.807) is 12.5 Å². The second-order valence-corrected chi connectivity index (χ2v) is 7.60. The zero-order valence-electron chi connectivity index (χ0n) is 25.1. The molecule has 0 saturated carbocycles. The second-order valence-electron chi connectivity index (χ2n) is 7.60. The Hall–Kier alpha value is -2.52. The van der Waals surface area contributed by atoms with E-state index in [4.69, 9.17) is 14.6 Å². The predicted octanol–water partition coefficient (Wildman–Crippen LogP) is 10.8. The summed E-state index contributed by atoms with van der Waals surface area (Å²) in [6.45, 7) is 29.4. The number of rotatable bonds is 2. The van der Waals surface area contributed by atoms with Gasteiger partial charge in [-0.1, -0.05) is 81.4 Å². The maximum atomic E-state index is 5.68. The molecule has 2 aromatic heterocycles. The van der Waals surface area contributed by atoms with Gasteiger partial charge in [-0.2, -0.15) is 0 Å². The van der Waals surface area contributed by atoms with E-state index >= 15 is 0 Å². The quantitative estimate of drug-likeness (QED) is 0.308. The number of aryl methyl sites for hydroxylation is 4. The minimum atomic E-state index is 0.552. The van der Waals surface area contributed by atoms with Gasteiger partial charge in [0.25, 0.3) is 0 Å². The number of furan rings is 2. The third-order valence-corrected chi connectivity index (χ3v) is 5.21. The molecule has 2 heterocycles. The molecule has 198 valence electrons. The molecule has 3 heteroatoms. The molecular formula is C32H53NO2. The highest BCUT2D eigenvalue weighted by atomic mass is 16.3. The molecule has 0 aliphatic heterocycles. The Kier molecular flexibility index (Phi) is 18.6. The lowest BCUT2D eigenvalue weighted by molar-refractivity contribution is 0.612. The fraction of sp³-hybridized carbons (Fsp3) is 0.500. The second kappa shape index (κ2) is 18.8. The van der Waals surface area contributed by atoms with Crippen LogP contribution in [0.25, 0.3) is 21.9 Å². The average Bonchev–Trinajstić information content (AvgIpc) is 3.56. The third kappa shape index (κ3) is 8.89. The summed E-state index contributed by atoms with van der Waals surface area (Å²) in [6, 6.07) is 8.39. The lowest BCUT2D eigenvalue weighted by atomic mass is 9.93. The van der Waals surface area contributed by atoms with Crippen molar-refractivity contribution in [3.8, 4) is 0 Å². The maximum Gasteiger partial charge on any atom is 0.137 e. The lowest BCUT2D eigenvalue weighted by Crippen LogP contribution is -2.00. The van der Waals surface area contributed by atoms with Crippen LogP contribution in [0.15, 0.2) is 45.6 Å². The summed E-state index contributed by atoms with van der Waals surface area (Å²) in [5.41, 5.74) is 15.3. The molecule has 0 fully saturated rings. The topological polar surface area (TPSA) is 52.3 Å². The molecule has 0 radical (unpaired) electrons. The van der Waals surface area contributed by atoms with Crippen molar-refractivity contribution in [3.05, 3.63) is 70.2 Å². The van der Waals surface area contributed by atoms with Crippen LogP contribution in [-0.4, -0.2) is 0 Å². The van der Waals surface area contributed by atoms with Crippen molar-refractivity contribution in [2.75, 3.05) is 0 Å². The minimum absolute atomic E-state index is 0.552. The van der Waals surface area contributed by atoms with Gasteiger partial charge in [-0.15, -0.1) is 0 Å². The molecule has 2 aromatic carbocycles. The Balaban J connectivity index is 0. The molecule has 0 amide bonds. The molecule has 0 bridgehead atoms. The van der Waals surface area contributed by atoms with Crippen molar-refractivity contribution in [1.82, 2.24) is 0 Å². The molecule has 0 unspecified atom stereocenters. The van der Waals surface area contributed by atoms with E-state index in [-0.39, 0.29) is 0 Å². The highest BCUT2D eigenvalue weighted by molar-refractivity contribution is 5.86. The summed E-state index contributed by atoms with van der Waals surface area (Å²) in [7, 11) is 0. The summed E-state index contributed by atoms with van der Waals surface area (Å²) < 4.78 is 10.9. The zero-order chi connectivity index (χ0) is 27.7. The molecule has 0 aliphatic carbocycles. The smallest absolute Gasteiger partial charge is 0.137 e. The number of benzene rings is 2. The van der Waals surface area contributed by atoms with Crippen LogP contribution >= 0.6 is 0 Å². The van der Waals surface area contributed by atoms with E-state index in [1.807, 2.05) is 61.5 Å². The Morgan fingerprint density at radius 3 is 1.46 bits per heavy atom. The van der Waals surface area contributed by atoms with Crippen LogP contribution in [0.3, 0.4) is 0 Å². The van der Waals surface area contributed by atoms with Crippen molar-refractivity contribution in [2.45, 2.75) is 109 Å². The predicted molar refractivity (Wildman–Crippen MR) is 159 cm³/mol. The van der Waals surface area contributed by atoms with Gasteiger partial charge in [-0.3, -0.25) is 0 Å². The lowest BCUT2D eigenvalue weighted by Gasteiger charge is -2.12. The van der Waals surface area contributed by atoms with Gasteiger partial charge in [0.15, 0.2) is 0 Å². The van der Waals surface area contributed by atoms with Gasteiger partial charge in [-0.05, 0) is 79.1 Å². The van der Waals surface area contributed by atoms with Gasteiger partial charge < -0.3 is 14.6 Å². The molecule has 3 nitrogen and oxygen atoms in total. The summed E-state index contributed by atoms with van der Waals surface area (Å²) in [4.78, 5) is 0. The standard InChI is InChI=1S/C13H16O.C11H13NO.4C2H6/c1-8(2)12-9(3)7-10(4)13-11(12)5-6-14-13;1-7-5-8(2)11-9(3-4-13-11)10(7)6-12;4*1-2/h5-8H,1-4H3;3-5H,6,12H2,1-2H3;4*1-2H3. The van der Waals surface area contributed by atoms with Crippen LogP contribution < -0.4 is 5.73 Å². The van der Waals surface area contributed by atoms with Crippen molar-refractivity contribution in [1.29, 1.82) is 0 Å². The van der Waals surface area contributed by atoms with E-state index in [0.717, 1.165) is 16.6 Å². The SMILES string of the molecule is CC.CC.CC.CC.Cc1cc(C)c2occc2c1C(C)C.Cc1cc(C)c2occc2c1CN. The van der Waals surface area contributed by atoms with Crippen LogP contribution in [0, 0.1) is 27.7 Å². The van der Waals surface area contributed by atoms with Crippen molar-refractivity contribution in [2.24, 2.45) is 5.73 Å². The molecule has 4 rings (SSSR count). The van der Waals surface area contributed by atoms with Gasteiger partial charge in [-0.25, -0.2) is 0 Å². The van der Waals surface area contributed by atoms with Crippen molar-refractivity contribution in [3.63, 3.8) is 0 Å². The fourth-order valence-electron chi connectivity index (χ4n) is 4.09. The van der Waals surface area contributed by atoms with Crippen molar-refractivity contribution >= 4 is 21.9 Å². The molecular weight excluding hydrogens is 430 g/mol. The third-order valence-electron chi connectivity index (χ3n) is 5.21. The normalized spacial score (nSPS) is 9.37. The van der Waals surface area contributed by atoms with E-state index in [0.29, 0.717) is 12.5 Å². The number of hydrogen-bond donors (Lipinski definition) is 1. The Labute approximate surface area is 216 Å². The highest BCUT2D eigenvalue weighted by Gasteiger charge is 2.12. The Bertz CT molecular complexity index is 1080. The first-order valence-corrected chi connectivity index (χ1v) is 13.5. The van der Waals surface area contributed by atoms with Crippen molar-refractivity contribution < 1.29 is 8.83 Å². The molecule has 0 atom stereocenters. The molecule has 0 spiro atoms. The van der Waals surface area contributed by atoms with E-state index in [1.165, 1.54) is 38.8 Å². The maximum absolute atomic E-state index is 5.68. The average molecular weight is 484 g/mol. The molecule has 0 aliphatic rings. The van der Waals surface area contributed by atoms with E-state index in [9.17, 15) is 0 Å². The van der Waals surface area contributed by atoms with Gasteiger partial charge in [0, 0.05) is 17.3 Å². The van der Waals surface area contributed by atoms with Crippen LogP contribution in [0.2, 0.25) is 0 Å². The number of hydrogen-bond acceptors (Lipinski definition) is 3. The first-order chi connectivity index (χ1) is 16.8. The monoisotopic (exact) mass is 483 g/mol. The zero-order valence-corrected chi connectivity index (χ0v) is 25.1. The van der Waals surface area contributed by atoms with E-state index < -0.39 is 0 Å². The van der Waals surface area contributed by atoms with Gasteiger partial charge >= 0.3 is 0 Å². The fourth-order valence-corrected chi connectivity index (χ4v) is 4.09. The van der Waals surface area contributed by atoms with E-state index in [2.05, 4.69) is 59.7 Å². The van der Waals surface area contributed by atoms with Crippen LogP contribution in [0.5, 0.6) is 0 Å². The Morgan fingerprint density at radius 2 is 1.03 bits per heavy atom. The van der Waals surface area contributed by atoms with Gasteiger partial charge in [0.05, 0.1) is 12.5 Å². The first kappa shape index (κ1) is 34.6. The van der Waals surface area contributed by atoms with Crippen LogP contribution in [0.1, 0.15) is 109 Å². The van der Waals surface area contributed by atoms with Crippen LogP contribution in [-0.2, 0) is 6.54 Å². The molecule has 4 aromatic rings. The van der Waals surface area contributed by atoms with Gasteiger partial charge in [0.2, 0.25) is 0 Å². The number of nitrogens with two attached hydrogens (primary N) is 1.